The summed E-state index contributed by atoms with van der Waals surface area (Å²) in [5.41, 5.74) is 9.64. The lowest BCUT2D eigenvalue weighted by molar-refractivity contribution is 0.340. The quantitative estimate of drug-likeness (QED) is 0.820. The second kappa shape index (κ2) is 6.98. The minimum absolute atomic E-state index is 0.0515. The number of rotatable bonds is 3. The molecule has 132 valence electrons. The first-order chi connectivity index (χ1) is 12.0. The van der Waals surface area contributed by atoms with Crippen molar-refractivity contribution in [2.45, 2.75) is 23.8 Å². The van der Waals surface area contributed by atoms with Crippen molar-refractivity contribution in [3.63, 3.8) is 0 Å². The zero-order valence-electron chi connectivity index (χ0n) is 14.5. The van der Waals surface area contributed by atoms with Gasteiger partial charge in [-0.25, -0.2) is 0 Å². The van der Waals surface area contributed by atoms with Gasteiger partial charge < -0.3 is 20.3 Å². The van der Waals surface area contributed by atoms with Crippen molar-refractivity contribution in [2.24, 2.45) is 5.73 Å². The van der Waals surface area contributed by atoms with Crippen LogP contribution in [0, 0.1) is 0 Å². The molecule has 3 N–H and O–H groups in total. The minimum Gasteiger partial charge on any atom is -0.502 e. The van der Waals surface area contributed by atoms with Crippen molar-refractivity contribution in [1.29, 1.82) is 0 Å². The fourth-order valence-corrected chi connectivity index (χ4v) is 3.78. The van der Waals surface area contributed by atoms with Crippen LogP contribution in [0.4, 0.5) is 0 Å². The number of aryl methyl sites for hydroxylation is 1. The van der Waals surface area contributed by atoms with Crippen LogP contribution >= 0.6 is 11.8 Å². The minimum atomic E-state index is -0.268. The molecule has 0 amide bonds. The van der Waals surface area contributed by atoms with Crippen molar-refractivity contribution >= 4 is 11.8 Å². The molecule has 0 aromatic heterocycles. The average Bonchev–Trinajstić information content (AvgIpc) is 2.85. The fourth-order valence-electron chi connectivity index (χ4n) is 3.32. The highest BCUT2D eigenvalue weighted by Crippen LogP contribution is 2.49. The highest BCUT2D eigenvalue weighted by molar-refractivity contribution is 7.98. The van der Waals surface area contributed by atoms with E-state index in [-0.39, 0.29) is 17.2 Å². The molecule has 0 unspecified atom stereocenters. The summed E-state index contributed by atoms with van der Waals surface area (Å²) in [4.78, 5) is 13.1. The zero-order valence-corrected chi connectivity index (χ0v) is 15.3. The molecule has 2 aromatic rings. The van der Waals surface area contributed by atoms with Gasteiger partial charge in [0.05, 0.1) is 19.1 Å². The Hall–Kier alpha value is -2.18. The molecule has 25 heavy (non-hydrogen) atoms. The summed E-state index contributed by atoms with van der Waals surface area (Å²) in [6.07, 6.45) is 3.26. The van der Waals surface area contributed by atoms with Gasteiger partial charge in [-0.1, -0.05) is 6.07 Å². The molecule has 1 aliphatic carbocycles. The molecule has 0 radical (unpaired) electrons. The third-order valence-electron chi connectivity index (χ3n) is 4.58. The molecular weight excluding hydrogens is 338 g/mol. The third kappa shape index (κ3) is 2.96. The van der Waals surface area contributed by atoms with Crippen LogP contribution < -0.4 is 20.6 Å². The van der Waals surface area contributed by atoms with Gasteiger partial charge in [-0.15, -0.1) is 11.8 Å². The van der Waals surface area contributed by atoms with Crippen LogP contribution in [0.5, 0.6) is 17.2 Å². The van der Waals surface area contributed by atoms with E-state index in [1.54, 1.807) is 12.1 Å². The highest BCUT2D eigenvalue weighted by Gasteiger charge is 2.27. The lowest BCUT2D eigenvalue weighted by Crippen LogP contribution is -2.12. The van der Waals surface area contributed by atoms with Crippen LogP contribution in [0.25, 0.3) is 11.1 Å². The van der Waals surface area contributed by atoms with Crippen LogP contribution in [-0.2, 0) is 6.42 Å². The van der Waals surface area contributed by atoms with Crippen LogP contribution in [0.2, 0.25) is 0 Å². The van der Waals surface area contributed by atoms with E-state index in [0.717, 1.165) is 22.3 Å². The van der Waals surface area contributed by atoms with Crippen molar-refractivity contribution < 1.29 is 14.6 Å². The molecule has 3 rings (SSSR count). The maximum absolute atomic E-state index is 12.4. The predicted octanol–water partition coefficient (Wildman–Crippen LogP) is 3.10. The number of ether oxygens (including phenoxy) is 2. The van der Waals surface area contributed by atoms with E-state index in [1.165, 1.54) is 26.0 Å². The Kier molecular flexibility index (Phi) is 4.92. The van der Waals surface area contributed by atoms with Gasteiger partial charge in [0, 0.05) is 11.6 Å². The average molecular weight is 359 g/mol. The van der Waals surface area contributed by atoms with Gasteiger partial charge in [0.1, 0.15) is 0 Å². The summed E-state index contributed by atoms with van der Waals surface area (Å²) >= 11 is 1.40. The predicted molar refractivity (Wildman–Crippen MR) is 99.9 cm³/mol. The number of hydrogen-bond donors (Lipinski definition) is 2. The largest absolute Gasteiger partial charge is 0.502 e. The molecule has 0 saturated carbocycles. The Balaban J connectivity index is 2.42. The molecule has 0 spiro atoms. The zero-order chi connectivity index (χ0) is 18.1. The van der Waals surface area contributed by atoms with E-state index >= 15 is 0 Å². The summed E-state index contributed by atoms with van der Waals surface area (Å²) in [5.74, 6) is 0.653. The van der Waals surface area contributed by atoms with Gasteiger partial charge in [-0.3, -0.25) is 4.79 Å². The molecule has 6 heteroatoms. The third-order valence-corrected chi connectivity index (χ3v) is 5.36. The van der Waals surface area contributed by atoms with E-state index in [0.29, 0.717) is 29.2 Å². The second-order valence-electron chi connectivity index (χ2n) is 5.92. The molecule has 0 heterocycles. The standard InChI is InChI=1S/C19H21NO4S/c1-23-15-8-10-4-6-13(20)12-9-14(21)16(25-3)7-5-11(12)17(10)19(24-2)18(15)22/h5,7-9,13,22H,4,6,20H2,1-3H3/t13-/m0/s1. The van der Waals surface area contributed by atoms with E-state index in [9.17, 15) is 9.90 Å². The SMILES string of the molecule is COc1cc2c(c(OC)c1O)-c1ccc(SC)c(=O)cc1[C@@H](N)CC2. The summed E-state index contributed by atoms with van der Waals surface area (Å²) in [6.45, 7) is 0. The Labute approximate surface area is 150 Å². The number of methoxy groups -OCH3 is 2. The molecule has 1 aliphatic rings. The van der Waals surface area contributed by atoms with E-state index in [4.69, 9.17) is 15.2 Å². The summed E-state index contributed by atoms with van der Waals surface area (Å²) in [5, 5.41) is 10.5. The Morgan fingerprint density at radius 1 is 1.24 bits per heavy atom. The van der Waals surface area contributed by atoms with Crippen molar-refractivity contribution in [3.8, 4) is 28.4 Å². The number of hydrogen-bond acceptors (Lipinski definition) is 6. The number of benzene rings is 1. The lowest BCUT2D eigenvalue weighted by atomic mass is 9.96. The number of phenols is 1. The number of phenolic OH excluding ortho intramolecular Hbond substituents is 1. The number of nitrogens with two attached hydrogens (primary N) is 1. The summed E-state index contributed by atoms with van der Waals surface area (Å²) < 4.78 is 10.8. The van der Waals surface area contributed by atoms with E-state index < -0.39 is 0 Å². The maximum Gasteiger partial charge on any atom is 0.201 e. The first kappa shape index (κ1) is 17.6. The monoisotopic (exact) mass is 359 g/mol. The molecule has 0 fully saturated rings. The Morgan fingerprint density at radius 2 is 2.00 bits per heavy atom. The number of thioether (sulfide) groups is 1. The molecular formula is C19H21NO4S. The Morgan fingerprint density at radius 3 is 2.64 bits per heavy atom. The van der Waals surface area contributed by atoms with Crippen molar-refractivity contribution in [1.82, 2.24) is 0 Å². The summed E-state index contributed by atoms with van der Waals surface area (Å²) in [7, 11) is 3.01. The van der Waals surface area contributed by atoms with Crippen molar-refractivity contribution in [2.75, 3.05) is 20.5 Å². The molecule has 5 nitrogen and oxygen atoms in total. The van der Waals surface area contributed by atoms with Crippen LogP contribution in [0.15, 0.2) is 34.0 Å². The fraction of sp³-hybridized carbons (Fsp3) is 0.316. The van der Waals surface area contributed by atoms with Gasteiger partial charge in [-0.2, -0.15) is 0 Å². The normalized spacial score (nSPS) is 15.8. The lowest BCUT2D eigenvalue weighted by Gasteiger charge is -2.17. The molecule has 0 saturated heterocycles. The van der Waals surface area contributed by atoms with Crippen LogP contribution in [-0.4, -0.2) is 25.6 Å². The van der Waals surface area contributed by atoms with Gasteiger partial charge >= 0.3 is 0 Å². The van der Waals surface area contributed by atoms with Gasteiger partial charge in [-0.05, 0) is 54.0 Å². The second-order valence-corrected chi connectivity index (χ2v) is 6.77. The first-order valence-electron chi connectivity index (χ1n) is 7.96. The van der Waals surface area contributed by atoms with Crippen LogP contribution in [0.3, 0.4) is 0 Å². The van der Waals surface area contributed by atoms with Crippen LogP contribution in [0.1, 0.15) is 23.6 Å². The maximum atomic E-state index is 12.4. The first-order valence-corrected chi connectivity index (χ1v) is 9.19. The molecule has 0 bridgehead atoms. The highest BCUT2D eigenvalue weighted by atomic mass is 32.2. The van der Waals surface area contributed by atoms with E-state index in [2.05, 4.69) is 0 Å². The van der Waals surface area contributed by atoms with E-state index in [1.807, 2.05) is 18.4 Å². The Bertz CT molecular complexity index is 882. The smallest absolute Gasteiger partial charge is 0.201 e. The van der Waals surface area contributed by atoms with Gasteiger partial charge in [0.25, 0.3) is 0 Å². The molecule has 1 atom stereocenters. The molecule has 2 aromatic carbocycles. The topological polar surface area (TPSA) is 81.8 Å². The molecule has 0 aliphatic heterocycles. The van der Waals surface area contributed by atoms with Gasteiger partial charge in [0.2, 0.25) is 5.75 Å². The number of fused-ring (bicyclic) bond motifs is 3. The summed E-state index contributed by atoms with van der Waals surface area (Å²) in [6, 6.07) is 6.85. The van der Waals surface area contributed by atoms with Crippen molar-refractivity contribution in [3.05, 3.63) is 45.6 Å². The number of aromatic hydroxyl groups is 1. The van der Waals surface area contributed by atoms with Gasteiger partial charge in [0.15, 0.2) is 16.9 Å².